The standard InChI is InChI=1S/C14H17F3N2O2S/c1-19(10-6-8-22-9-7-10)13(20)18-11-4-2-3-5-12(11)21-14(15,16)17/h2-5,10H,6-9H2,1H3,(H,18,20). The lowest BCUT2D eigenvalue weighted by atomic mass is 10.1. The van der Waals surface area contributed by atoms with Gasteiger partial charge < -0.3 is 15.0 Å². The molecule has 0 bridgehead atoms. The minimum atomic E-state index is -4.80. The van der Waals surface area contributed by atoms with Crippen LogP contribution >= 0.6 is 11.8 Å². The summed E-state index contributed by atoms with van der Waals surface area (Å²) in [7, 11) is 1.66. The van der Waals surface area contributed by atoms with Crippen LogP contribution in [-0.2, 0) is 0 Å². The van der Waals surface area contributed by atoms with Gasteiger partial charge in [-0.1, -0.05) is 12.1 Å². The molecular formula is C14H17F3N2O2S. The third-order valence-corrected chi connectivity index (χ3v) is 4.46. The average Bonchev–Trinajstić information content (AvgIpc) is 2.48. The Morgan fingerprint density at radius 3 is 2.59 bits per heavy atom. The van der Waals surface area contributed by atoms with Crippen molar-refractivity contribution in [3.05, 3.63) is 24.3 Å². The number of nitrogens with zero attached hydrogens (tertiary/aromatic N) is 1. The summed E-state index contributed by atoms with van der Waals surface area (Å²) >= 11 is 1.84. The van der Waals surface area contributed by atoms with Crippen molar-refractivity contribution in [1.29, 1.82) is 0 Å². The minimum absolute atomic E-state index is 0.00172. The van der Waals surface area contributed by atoms with E-state index in [1.807, 2.05) is 11.8 Å². The molecule has 2 amide bonds. The number of hydrogen-bond acceptors (Lipinski definition) is 3. The average molecular weight is 334 g/mol. The number of thioether (sulfide) groups is 1. The zero-order valence-electron chi connectivity index (χ0n) is 12.0. The number of nitrogens with one attached hydrogen (secondary N) is 1. The first kappa shape index (κ1) is 16.8. The molecule has 4 nitrogen and oxygen atoms in total. The maximum absolute atomic E-state index is 12.4. The lowest BCUT2D eigenvalue weighted by Gasteiger charge is -2.31. The highest BCUT2D eigenvalue weighted by atomic mass is 32.2. The molecule has 1 saturated heterocycles. The normalized spacial score (nSPS) is 16.2. The van der Waals surface area contributed by atoms with Crippen molar-refractivity contribution in [2.75, 3.05) is 23.9 Å². The van der Waals surface area contributed by atoms with Crippen molar-refractivity contribution in [3.63, 3.8) is 0 Å². The minimum Gasteiger partial charge on any atom is -0.404 e. The molecule has 1 aliphatic rings. The molecule has 1 aromatic carbocycles. The Labute approximate surface area is 131 Å². The van der Waals surface area contributed by atoms with Crippen LogP contribution in [0.5, 0.6) is 5.75 Å². The van der Waals surface area contributed by atoms with E-state index in [2.05, 4.69) is 10.1 Å². The number of alkyl halides is 3. The molecule has 1 aliphatic heterocycles. The molecule has 1 heterocycles. The van der Waals surface area contributed by atoms with E-state index in [1.54, 1.807) is 11.9 Å². The molecule has 122 valence electrons. The fraction of sp³-hybridized carbons (Fsp3) is 0.500. The van der Waals surface area contributed by atoms with Crippen molar-refractivity contribution in [2.45, 2.75) is 25.2 Å². The molecule has 8 heteroatoms. The van der Waals surface area contributed by atoms with Gasteiger partial charge in [0.25, 0.3) is 0 Å². The van der Waals surface area contributed by atoms with Crippen molar-refractivity contribution < 1.29 is 22.7 Å². The van der Waals surface area contributed by atoms with Crippen LogP contribution in [0, 0.1) is 0 Å². The van der Waals surface area contributed by atoms with Crippen LogP contribution in [0.15, 0.2) is 24.3 Å². The fourth-order valence-corrected chi connectivity index (χ4v) is 3.31. The second kappa shape index (κ2) is 7.13. The predicted octanol–water partition coefficient (Wildman–Crippen LogP) is 3.94. The summed E-state index contributed by atoms with van der Waals surface area (Å²) in [5.74, 6) is 1.54. The molecule has 2 rings (SSSR count). The van der Waals surface area contributed by atoms with Gasteiger partial charge in [0.2, 0.25) is 0 Å². The molecular weight excluding hydrogens is 317 g/mol. The van der Waals surface area contributed by atoms with Crippen molar-refractivity contribution in [3.8, 4) is 5.75 Å². The quantitative estimate of drug-likeness (QED) is 0.910. The Bertz CT molecular complexity index is 519. The highest BCUT2D eigenvalue weighted by molar-refractivity contribution is 7.99. The van der Waals surface area contributed by atoms with Gasteiger partial charge in [0.15, 0.2) is 5.75 Å². The number of amides is 2. The van der Waals surface area contributed by atoms with Gasteiger partial charge in [-0.05, 0) is 36.5 Å². The zero-order valence-corrected chi connectivity index (χ0v) is 12.8. The number of carbonyl (C=O) groups is 1. The van der Waals surface area contributed by atoms with Gasteiger partial charge in [0.1, 0.15) is 0 Å². The first-order valence-corrected chi connectivity index (χ1v) is 7.98. The Kier molecular flexibility index (Phi) is 5.44. The molecule has 0 aliphatic carbocycles. The fourth-order valence-electron chi connectivity index (χ4n) is 2.23. The number of carbonyl (C=O) groups excluding carboxylic acids is 1. The van der Waals surface area contributed by atoms with E-state index in [0.29, 0.717) is 0 Å². The summed E-state index contributed by atoms with van der Waals surface area (Å²) in [4.78, 5) is 13.7. The summed E-state index contributed by atoms with van der Waals surface area (Å²) in [6, 6.07) is 5.17. The van der Waals surface area contributed by atoms with Gasteiger partial charge in [-0.2, -0.15) is 11.8 Å². The van der Waals surface area contributed by atoms with Crippen LogP contribution < -0.4 is 10.1 Å². The first-order valence-electron chi connectivity index (χ1n) is 6.83. The Morgan fingerprint density at radius 1 is 1.32 bits per heavy atom. The van der Waals surface area contributed by atoms with Gasteiger partial charge in [-0.15, -0.1) is 13.2 Å². The summed E-state index contributed by atoms with van der Waals surface area (Å²) in [6.07, 6.45) is -3.03. The number of para-hydroxylation sites is 2. The molecule has 0 atom stereocenters. The van der Waals surface area contributed by atoms with E-state index in [1.165, 1.54) is 24.3 Å². The van der Waals surface area contributed by atoms with Gasteiger partial charge in [0, 0.05) is 13.1 Å². The SMILES string of the molecule is CN(C(=O)Nc1ccccc1OC(F)(F)F)C1CCSCC1. The highest BCUT2D eigenvalue weighted by Gasteiger charge is 2.32. The second-order valence-corrected chi connectivity index (χ2v) is 6.15. The summed E-state index contributed by atoms with van der Waals surface area (Å²) in [5, 5.41) is 2.49. The van der Waals surface area contributed by atoms with E-state index >= 15 is 0 Å². The molecule has 1 aromatic rings. The molecule has 1 fully saturated rings. The van der Waals surface area contributed by atoms with E-state index in [-0.39, 0.29) is 11.7 Å². The van der Waals surface area contributed by atoms with Crippen LogP contribution in [0.1, 0.15) is 12.8 Å². The lowest BCUT2D eigenvalue weighted by Crippen LogP contribution is -2.41. The summed E-state index contributed by atoms with van der Waals surface area (Å²) in [6.45, 7) is 0. The number of rotatable bonds is 3. The lowest BCUT2D eigenvalue weighted by molar-refractivity contribution is -0.274. The molecule has 22 heavy (non-hydrogen) atoms. The number of urea groups is 1. The number of hydrogen-bond donors (Lipinski definition) is 1. The molecule has 0 unspecified atom stereocenters. The van der Waals surface area contributed by atoms with E-state index in [4.69, 9.17) is 0 Å². The van der Waals surface area contributed by atoms with Gasteiger partial charge in [-0.3, -0.25) is 0 Å². The van der Waals surface area contributed by atoms with Crippen LogP contribution in [0.2, 0.25) is 0 Å². The summed E-state index contributed by atoms with van der Waals surface area (Å²) in [5.41, 5.74) is 0.00172. The third kappa shape index (κ3) is 4.72. The smallest absolute Gasteiger partial charge is 0.404 e. The van der Waals surface area contributed by atoms with Crippen LogP contribution in [0.4, 0.5) is 23.7 Å². The van der Waals surface area contributed by atoms with Crippen LogP contribution in [0.25, 0.3) is 0 Å². The molecule has 0 aromatic heterocycles. The van der Waals surface area contributed by atoms with Crippen LogP contribution in [-0.4, -0.2) is 41.9 Å². The number of ether oxygens (including phenoxy) is 1. The molecule has 0 radical (unpaired) electrons. The topological polar surface area (TPSA) is 41.6 Å². The van der Waals surface area contributed by atoms with Crippen molar-refractivity contribution in [1.82, 2.24) is 4.90 Å². The maximum Gasteiger partial charge on any atom is 0.573 e. The van der Waals surface area contributed by atoms with E-state index < -0.39 is 18.1 Å². The largest absolute Gasteiger partial charge is 0.573 e. The van der Waals surface area contributed by atoms with Gasteiger partial charge in [0.05, 0.1) is 5.69 Å². The van der Waals surface area contributed by atoms with Crippen molar-refractivity contribution in [2.24, 2.45) is 0 Å². The Balaban J connectivity index is 2.04. The van der Waals surface area contributed by atoms with E-state index in [0.717, 1.165) is 24.3 Å². The van der Waals surface area contributed by atoms with Gasteiger partial charge >= 0.3 is 12.4 Å². The zero-order chi connectivity index (χ0) is 16.2. The summed E-state index contributed by atoms with van der Waals surface area (Å²) < 4.78 is 41.0. The number of benzene rings is 1. The third-order valence-electron chi connectivity index (χ3n) is 3.41. The highest BCUT2D eigenvalue weighted by Crippen LogP contribution is 2.30. The van der Waals surface area contributed by atoms with Crippen LogP contribution in [0.3, 0.4) is 0 Å². The second-order valence-electron chi connectivity index (χ2n) is 4.93. The predicted molar refractivity (Wildman–Crippen MR) is 80.3 cm³/mol. The maximum atomic E-state index is 12.4. The first-order chi connectivity index (χ1) is 10.4. The van der Waals surface area contributed by atoms with Crippen molar-refractivity contribution >= 4 is 23.5 Å². The molecule has 0 saturated carbocycles. The number of anilines is 1. The monoisotopic (exact) mass is 334 g/mol. The molecule has 0 spiro atoms. The molecule has 1 N–H and O–H groups in total. The van der Waals surface area contributed by atoms with E-state index in [9.17, 15) is 18.0 Å². The Morgan fingerprint density at radius 2 is 1.95 bits per heavy atom. The number of halogens is 3. The Hall–Kier alpha value is -1.57. The van der Waals surface area contributed by atoms with Gasteiger partial charge in [-0.25, -0.2) is 4.79 Å².